The molecule has 0 radical (unpaired) electrons. The van der Waals surface area contributed by atoms with Gasteiger partial charge in [0.2, 0.25) is 0 Å². The lowest BCUT2D eigenvalue weighted by atomic mass is 9.83. The van der Waals surface area contributed by atoms with E-state index in [1.807, 2.05) is 18.5 Å². The molecule has 18 heavy (non-hydrogen) atoms. The molecule has 4 nitrogen and oxygen atoms in total. The number of hydrogen-bond donors (Lipinski definition) is 1. The molecule has 0 saturated carbocycles. The van der Waals surface area contributed by atoms with Crippen molar-refractivity contribution < 1.29 is 4.74 Å². The van der Waals surface area contributed by atoms with E-state index in [0.717, 1.165) is 12.2 Å². The minimum atomic E-state index is -0.278. The maximum Gasteiger partial charge on any atom is 0.0835 e. The highest BCUT2D eigenvalue weighted by atomic mass is 35.5. The molecule has 2 atom stereocenters. The van der Waals surface area contributed by atoms with Gasteiger partial charge in [-0.1, -0.05) is 32.4 Å². The van der Waals surface area contributed by atoms with Crippen LogP contribution >= 0.6 is 11.6 Å². The van der Waals surface area contributed by atoms with Gasteiger partial charge in [-0.3, -0.25) is 4.68 Å². The first-order valence-corrected chi connectivity index (χ1v) is 6.79. The van der Waals surface area contributed by atoms with Gasteiger partial charge in [-0.15, -0.1) is 0 Å². The van der Waals surface area contributed by atoms with Crippen molar-refractivity contribution in [2.45, 2.75) is 53.3 Å². The molecule has 5 heteroatoms. The molecule has 1 heterocycles. The Morgan fingerprint density at radius 2 is 2.06 bits per heavy atom. The minimum Gasteiger partial charge on any atom is -0.376 e. The topological polar surface area (TPSA) is 53.1 Å². The summed E-state index contributed by atoms with van der Waals surface area (Å²) in [6.07, 6.45) is 1.55. The second kappa shape index (κ2) is 6.04. The Morgan fingerprint density at radius 1 is 1.44 bits per heavy atom. The number of ether oxygens (including phenoxy) is 1. The van der Waals surface area contributed by atoms with Gasteiger partial charge in [0, 0.05) is 13.2 Å². The molecule has 104 valence electrons. The zero-order chi connectivity index (χ0) is 13.9. The monoisotopic (exact) mass is 273 g/mol. The molecule has 0 aromatic carbocycles. The number of aromatic nitrogens is 2. The molecule has 0 spiro atoms. The summed E-state index contributed by atoms with van der Waals surface area (Å²) in [5, 5.41) is 4.84. The first-order chi connectivity index (χ1) is 8.32. The van der Waals surface area contributed by atoms with Gasteiger partial charge in [-0.05, 0) is 19.3 Å². The van der Waals surface area contributed by atoms with Gasteiger partial charge >= 0.3 is 0 Å². The smallest absolute Gasteiger partial charge is 0.0835 e. The van der Waals surface area contributed by atoms with Crippen molar-refractivity contribution in [3.05, 3.63) is 16.9 Å². The van der Waals surface area contributed by atoms with Crippen molar-refractivity contribution in [3.63, 3.8) is 0 Å². The summed E-state index contributed by atoms with van der Waals surface area (Å²) >= 11 is 6.19. The molecule has 1 aromatic rings. The summed E-state index contributed by atoms with van der Waals surface area (Å²) in [6, 6.07) is -0.278. The van der Waals surface area contributed by atoms with Crippen molar-refractivity contribution in [1.82, 2.24) is 9.78 Å². The fourth-order valence-electron chi connectivity index (χ4n) is 2.17. The number of aryl methyl sites for hydroxylation is 1. The Morgan fingerprint density at radius 3 is 2.50 bits per heavy atom. The van der Waals surface area contributed by atoms with Gasteiger partial charge in [0.25, 0.3) is 0 Å². The van der Waals surface area contributed by atoms with E-state index in [1.165, 1.54) is 0 Å². The Bertz CT molecular complexity index is 384. The van der Waals surface area contributed by atoms with Gasteiger partial charge in [0.1, 0.15) is 0 Å². The van der Waals surface area contributed by atoms with Crippen LogP contribution in [0.2, 0.25) is 5.02 Å². The summed E-state index contributed by atoms with van der Waals surface area (Å²) in [6.45, 7) is 11.7. The summed E-state index contributed by atoms with van der Waals surface area (Å²) < 4.78 is 7.66. The lowest BCUT2D eigenvalue weighted by Crippen LogP contribution is -2.40. The molecule has 0 saturated heterocycles. The lowest BCUT2D eigenvalue weighted by molar-refractivity contribution is -0.0298. The van der Waals surface area contributed by atoms with E-state index in [0.29, 0.717) is 11.6 Å². The van der Waals surface area contributed by atoms with Crippen LogP contribution in [0.4, 0.5) is 0 Å². The summed E-state index contributed by atoms with van der Waals surface area (Å²) in [5.74, 6) is 0. The van der Waals surface area contributed by atoms with Gasteiger partial charge in [0.15, 0.2) is 0 Å². The van der Waals surface area contributed by atoms with Crippen LogP contribution < -0.4 is 5.73 Å². The predicted octanol–water partition coefficient (Wildman–Crippen LogP) is 3.01. The molecular weight excluding hydrogens is 250 g/mol. The highest BCUT2D eigenvalue weighted by Crippen LogP contribution is 2.34. The number of rotatable bonds is 5. The van der Waals surface area contributed by atoms with E-state index >= 15 is 0 Å². The van der Waals surface area contributed by atoms with Gasteiger partial charge < -0.3 is 10.5 Å². The van der Waals surface area contributed by atoms with Crippen molar-refractivity contribution >= 4 is 11.6 Å². The third-order valence-corrected chi connectivity index (χ3v) is 3.27. The standard InChI is InChI=1S/C13H24ClN3O/c1-6-17-11(9(14)8-16-17)10(15)12(18-7-2)13(3,4)5/h8,10,12H,6-7,15H2,1-5H3. The molecular formula is C13H24ClN3O. The molecule has 1 aromatic heterocycles. The molecule has 2 unspecified atom stereocenters. The van der Waals surface area contributed by atoms with Gasteiger partial charge in [0.05, 0.1) is 29.1 Å². The maximum absolute atomic E-state index is 6.36. The average molecular weight is 274 g/mol. The number of hydrogen-bond acceptors (Lipinski definition) is 3. The second-order valence-corrected chi connectivity index (χ2v) is 5.87. The third kappa shape index (κ3) is 3.25. The Kier molecular flexibility index (Phi) is 5.20. The average Bonchev–Trinajstić information content (AvgIpc) is 2.64. The fraction of sp³-hybridized carbons (Fsp3) is 0.769. The highest BCUT2D eigenvalue weighted by Gasteiger charge is 2.34. The number of nitrogens with zero attached hydrogens (tertiary/aromatic N) is 2. The Hall–Kier alpha value is -0.580. The van der Waals surface area contributed by atoms with Crippen LogP contribution in [0, 0.1) is 5.41 Å². The van der Waals surface area contributed by atoms with Crippen molar-refractivity contribution in [1.29, 1.82) is 0 Å². The highest BCUT2D eigenvalue weighted by molar-refractivity contribution is 6.31. The quantitative estimate of drug-likeness (QED) is 0.897. The molecule has 0 fully saturated rings. The Balaban J connectivity index is 3.09. The summed E-state index contributed by atoms with van der Waals surface area (Å²) in [7, 11) is 0. The normalized spacial score (nSPS) is 15.7. The van der Waals surface area contributed by atoms with E-state index in [1.54, 1.807) is 6.20 Å². The molecule has 0 amide bonds. The zero-order valence-corrected chi connectivity index (χ0v) is 12.7. The lowest BCUT2D eigenvalue weighted by Gasteiger charge is -2.35. The molecule has 0 bridgehead atoms. The Labute approximate surface area is 114 Å². The van der Waals surface area contributed by atoms with Crippen LogP contribution in [-0.2, 0) is 11.3 Å². The van der Waals surface area contributed by atoms with E-state index in [9.17, 15) is 0 Å². The maximum atomic E-state index is 6.36. The first kappa shape index (κ1) is 15.5. The van der Waals surface area contributed by atoms with E-state index in [-0.39, 0.29) is 17.6 Å². The molecule has 0 aliphatic carbocycles. The van der Waals surface area contributed by atoms with Crippen molar-refractivity contribution in [2.75, 3.05) is 6.61 Å². The van der Waals surface area contributed by atoms with Crippen molar-refractivity contribution in [3.8, 4) is 0 Å². The van der Waals surface area contributed by atoms with Crippen LogP contribution in [-0.4, -0.2) is 22.5 Å². The molecule has 1 rings (SSSR count). The van der Waals surface area contributed by atoms with Crippen molar-refractivity contribution in [2.24, 2.45) is 11.1 Å². The predicted molar refractivity (Wildman–Crippen MR) is 74.7 cm³/mol. The third-order valence-electron chi connectivity index (χ3n) is 2.97. The number of halogens is 1. The van der Waals surface area contributed by atoms with Crippen LogP contribution in [0.3, 0.4) is 0 Å². The zero-order valence-electron chi connectivity index (χ0n) is 11.9. The van der Waals surface area contributed by atoms with Gasteiger partial charge in [-0.2, -0.15) is 5.10 Å². The second-order valence-electron chi connectivity index (χ2n) is 5.46. The van der Waals surface area contributed by atoms with Gasteiger partial charge in [-0.25, -0.2) is 0 Å². The molecule has 0 aliphatic heterocycles. The van der Waals surface area contributed by atoms with E-state index in [4.69, 9.17) is 22.1 Å². The van der Waals surface area contributed by atoms with Crippen LogP contribution in [0.5, 0.6) is 0 Å². The first-order valence-electron chi connectivity index (χ1n) is 6.41. The van der Waals surface area contributed by atoms with Crippen LogP contribution in [0.1, 0.15) is 46.4 Å². The minimum absolute atomic E-state index is 0.0540. The summed E-state index contributed by atoms with van der Waals surface area (Å²) in [5.41, 5.74) is 7.16. The SMILES string of the molecule is CCOC(C(N)c1c(Cl)cnn1CC)C(C)(C)C. The summed E-state index contributed by atoms with van der Waals surface area (Å²) in [4.78, 5) is 0. The molecule has 2 N–H and O–H groups in total. The van der Waals surface area contributed by atoms with Crippen LogP contribution in [0.25, 0.3) is 0 Å². The van der Waals surface area contributed by atoms with E-state index < -0.39 is 0 Å². The largest absolute Gasteiger partial charge is 0.376 e. The molecule has 0 aliphatic rings. The van der Waals surface area contributed by atoms with E-state index in [2.05, 4.69) is 25.9 Å². The number of nitrogens with two attached hydrogens (primary N) is 1. The fourth-order valence-corrected chi connectivity index (χ4v) is 2.44. The van der Waals surface area contributed by atoms with Crippen LogP contribution in [0.15, 0.2) is 6.20 Å².